The van der Waals surface area contributed by atoms with Crippen LogP contribution in [0.15, 0.2) is 0 Å². The number of ether oxygens (including phenoxy) is 2. The fraction of sp³-hybridized carbons (Fsp3) is 0.846. The van der Waals surface area contributed by atoms with Crippen LogP contribution in [-0.4, -0.2) is 79.1 Å². The Hall–Kier alpha value is -1.38. The number of carbonyl (C=O) groups excluding carboxylic acids is 1. The Kier molecular flexibility index (Phi) is 5.77. The van der Waals surface area contributed by atoms with Crippen molar-refractivity contribution in [2.45, 2.75) is 19.4 Å². The van der Waals surface area contributed by atoms with Crippen LogP contribution >= 0.6 is 0 Å². The van der Waals surface area contributed by atoms with E-state index in [1.54, 1.807) is 9.91 Å². The molecule has 0 aromatic carbocycles. The smallest absolute Gasteiger partial charge is 0.332 e. The summed E-state index contributed by atoms with van der Waals surface area (Å²) in [4.78, 5) is 25.3. The largest absolute Gasteiger partial charge is 0.481 e. The summed E-state index contributed by atoms with van der Waals surface area (Å²) in [5.41, 5.74) is 2.83. The fourth-order valence-corrected chi connectivity index (χ4v) is 2.62. The Labute approximate surface area is 123 Å². The predicted molar refractivity (Wildman–Crippen MR) is 73.7 cm³/mol. The van der Waals surface area contributed by atoms with Crippen molar-refractivity contribution >= 4 is 12.0 Å². The number of urea groups is 1. The molecule has 2 N–H and O–H groups in total. The topological polar surface area (TPSA) is 91.3 Å². The number of carboxylic acids is 1. The molecular formula is C13H23N3O5. The van der Waals surface area contributed by atoms with Crippen molar-refractivity contribution in [3.05, 3.63) is 0 Å². The molecule has 2 amide bonds. The Morgan fingerprint density at radius 2 is 2.00 bits per heavy atom. The molecule has 2 fully saturated rings. The highest BCUT2D eigenvalue weighted by Crippen LogP contribution is 2.20. The van der Waals surface area contributed by atoms with Gasteiger partial charge in [0.15, 0.2) is 0 Å². The number of hydrogen-bond donors (Lipinski definition) is 2. The quantitative estimate of drug-likeness (QED) is 0.728. The van der Waals surface area contributed by atoms with E-state index in [0.29, 0.717) is 32.8 Å². The second kappa shape index (κ2) is 7.58. The molecule has 21 heavy (non-hydrogen) atoms. The van der Waals surface area contributed by atoms with E-state index in [4.69, 9.17) is 9.47 Å². The first kappa shape index (κ1) is 16.0. The molecule has 2 aliphatic rings. The molecule has 8 heteroatoms. The van der Waals surface area contributed by atoms with Gasteiger partial charge in [-0.1, -0.05) is 6.92 Å². The highest BCUT2D eigenvalue weighted by atomic mass is 16.5. The predicted octanol–water partition coefficient (Wildman–Crippen LogP) is -0.245. The molecule has 0 aromatic heterocycles. The summed E-state index contributed by atoms with van der Waals surface area (Å²) in [6.45, 7) is 5.33. The van der Waals surface area contributed by atoms with E-state index in [1.165, 1.54) is 0 Å². The molecule has 2 saturated heterocycles. The summed E-state index contributed by atoms with van der Waals surface area (Å²) in [5.74, 6) is -1.58. The first-order valence-corrected chi connectivity index (χ1v) is 7.34. The zero-order valence-corrected chi connectivity index (χ0v) is 12.3. The number of nitrogens with one attached hydrogen (secondary N) is 1. The molecular weight excluding hydrogens is 278 g/mol. The first-order valence-electron chi connectivity index (χ1n) is 7.34. The van der Waals surface area contributed by atoms with Gasteiger partial charge in [0.2, 0.25) is 0 Å². The van der Waals surface area contributed by atoms with Crippen LogP contribution in [0.4, 0.5) is 4.79 Å². The zero-order valence-electron chi connectivity index (χ0n) is 12.3. The highest BCUT2D eigenvalue weighted by Gasteiger charge is 2.40. The van der Waals surface area contributed by atoms with Crippen molar-refractivity contribution in [1.29, 1.82) is 0 Å². The average molecular weight is 301 g/mol. The van der Waals surface area contributed by atoms with Gasteiger partial charge in [0.25, 0.3) is 0 Å². The van der Waals surface area contributed by atoms with Crippen LogP contribution in [0, 0.1) is 5.92 Å². The Morgan fingerprint density at radius 1 is 1.29 bits per heavy atom. The van der Waals surface area contributed by atoms with E-state index in [9.17, 15) is 14.7 Å². The lowest BCUT2D eigenvalue weighted by Gasteiger charge is -2.34. The average Bonchev–Trinajstić information content (AvgIpc) is 2.95. The molecule has 0 saturated carbocycles. The first-order chi connectivity index (χ1) is 10.1. The van der Waals surface area contributed by atoms with Crippen LogP contribution in [-0.2, 0) is 14.3 Å². The van der Waals surface area contributed by atoms with Gasteiger partial charge in [-0.3, -0.25) is 10.2 Å². The molecule has 0 spiro atoms. The van der Waals surface area contributed by atoms with Crippen LogP contribution in [0.3, 0.4) is 0 Å². The van der Waals surface area contributed by atoms with Crippen molar-refractivity contribution in [1.82, 2.24) is 15.3 Å². The molecule has 120 valence electrons. The molecule has 2 aliphatic heterocycles. The molecule has 8 nitrogen and oxygen atoms in total. The highest BCUT2D eigenvalue weighted by molar-refractivity contribution is 5.77. The summed E-state index contributed by atoms with van der Waals surface area (Å²) in [6.07, 6.45) is 0.763. The van der Waals surface area contributed by atoms with Crippen molar-refractivity contribution < 1.29 is 24.2 Å². The molecule has 0 bridgehead atoms. The van der Waals surface area contributed by atoms with Gasteiger partial charge in [0.1, 0.15) is 5.92 Å². The number of amides is 2. The summed E-state index contributed by atoms with van der Waals surface area (Å²) in [7, 11) is 0. The maximum Gasteiger partial charge on any atom is 0.332 e. The van der Waals surface area contributed by atoms with E-state index >= 15 is 0 Å². The number of nitrogens with zero attached hydrogens (tertiary/aromatic N) is 2. The third kappa shape index (κ3) is 4.05. The number of hydrazine groups is 1. The molecule has 0 aliphatic carbocycles. The Balaban J connectivity index is 1.99. The SMILES string of the molecule is CCCN(C(=O)NN1CCOCC1)C1COCC1C(=O)O. The zero-order chi connectivity index (χ0) is 15.2. The third-order valence-electron chi connectivity index (χ3n) is 3.76. The van der Waals surface area contributed by atoms with Gasteiger partial charge in [-0.2, -0.15) is 0 Å². The minimum atomic E-state index is -0.919. The van der Waals surface area contributed by atoms with Crippen LogP contribution in [0.2, 0.25) is 0 Å². The molecule has 0 aromatic rings. The van der Waals surface area contributed by atoms with E-state index in [1.807, 2.05) is 6.92 Å². The Morgan fingerprint density at radius 3 is 2.62 bits per heavy atom. The van der Waals surface area contributed by atoms with Crippen LogP contribution in [0.25, 0.3) is 0 Å². The minimum absolute atomic E-state index is 0.158. The third-order valence-corrected chi connectivity index (χ3v) is 3.76. The molecule has 2 atom stereocenters. The number of hydrogen-bond acceptors (Lipinski definition) is 5. The van der Waals surface area contributed by atoms with Crippen molar-refractivity contribution in [2.24, 2.45) is 5.92 Å². The van der Waals surface area contributed by atoms with E-state index in [-0.39, 0.29) is 19.2 Å². The van der Waals surface area contributed by atoms with Crippen molar-refractivity contribution in [3.8, 4) is 0 Å². The van der Waals surface area contributed by atoms with E-state index < -0.39 is 17.9 Å². The van der Waals surface area contributed by atoms with Gasteiger partial charge < -0.3 is 19.5 Å². The van der Waals surface area contributed by atoms with Gasteiger partial charge in [0, 0.05) is 19.6 Å². The summed E-state index contributed by atoms with van der Waals surface area (Å²) >= 11 is 0. The lowest BCUT2D eigenvalue weighted by atomic mass is 10.0. The van der Waals surface area contributed by atoms with Gasteiger partial charge in [-0.15, -0.1) is 0 Å². The lowest BCUT2D eigenvalue weighted by molar-refractivity contribution is -0.142. The number of carbonyl (C=O) groups is 2. The molecule has 0 radical (unpaired) electrons. The monoisotopic (exact) mass is 301 g/mol. The van der Waals surface area contributed by atoms with Gasteiger partial charge >= 0.3 is 12.0 Å². The second-order valence-electron chi connectivity index (χ2n) is 5.26. The van der Waals surface area contributed by atoms with Gasteiger partial charge in [-0.05, 0) is 6.42 Å². The Bertz CT molecular complexity index is 373. The maximum absolute atomic E-state index is 12.4. The molecule has 2 heterocycles. The normalized spacial score (nSPS) is 26.5. The number of aliphatic carboxylic acids is 1. The summed E-state index contributed by atoms with van der Waals surface area (Å²) in [6, 6.07) is -0.677. The van der Waals surface area contributed by atoms with Gasteiger partial charge in [0.05, 0.1) is 32.5 Å². The summed E-state index contributed by atoms with van der Waals surface area (Å²) in [5, 5.41) is 11.0. The minimum Gasteiger partial charge on any atom is -0.481 e. The van der Waals surface area contributed by atoms with Crippen LogP contribution < -0.4 is 5.43 Å². The fourth-order valence-electron chi connectivity index (χ4n) is 2.62. The van der Waals surface area contributed by atoms with Gasteiger partial charge in [-0.25, -0.2) is 9.80 Å². The standard InChI is InChI=1S/C13H23N3O5/c1-2-3-16(11-9-21-8-10(11)12(17)18)13(19)14-15-4-6-20-7-5-15/h10-11H,2-9H2,1H3,(H,14,19)(H,17,18). The molecule has 2 rings (SSSR count). The second-order valence-corrected chi connectivity index (χ2v) is 5.26. The van der Waals surface area contributed by atoms with Crippen molar-refractivity contribution in [2.75, 3.05) is 46.1 Å². The van der Waals surface area contributed by atoms with Crippen LogP contribution in [0.5, 0.6) is 0 Å². The number of morpholine rings is 1. The van der Waals surface area contributed by atoms with Crippen LogP contribution in [0.1, 0.15) is 13.3 Å². The maximum atomic E-state index is 12.4. The van der Waals surface area contributed by atoms with Crippen molar-refractivity contribution in [3.63, 3.8) is 0 Å². The number of rotatable bonds is 5. The lowest BCUT2D eigenvalue weighted by Crippen LogP contribution is -2.57. The van der Waals surface area contributed by atoms with E-state index in [2.05, 4.69) is 5.43 Å². The molecule has 2 unspecified atom stereocenters. The number of carboxylic acid groups (broad SMARTS) is 1. The summed E-state index contributed by atoms with van der Waals surface area (Å²) < 4.78 is 10.5. The van der Waals surface area contributed by atoms with E-state index in [0.717, 1.165) is 6.42 Å².